The third-order valence-electron chi connectivity index (χ3n) is 2.62. The second-order valence-electron chi connectivity index (χ2n) is 5.32. The lowest BCUT2D eigenvalue weighted by molar-refractivity contribution is -0.00102. The standard InChI is InChI=1S/C13H25NO/c1-13(2,3)15-10-9-14-11-12-7-5-4-6-8-12/h4-5,12,14H,6-11H2,1-3H3. The maximum absolute atomic E-state index is 5.64. The van der Waals surface area contributed by atoms with Crippen LogP contribution in [0.3, 0.4) is 0 Å². The average Bonchev–Trinajstić information content (AvgIpc) is 2.17. The Morgan fingerprint density at radius 2 is 2.13 bits per heavy atom. The molecule has 0 spiro atoms. The molecular weight excluding hydrogens is 186 g/mol. The minimum atomic E-state index is -0.00471. The van der Waals surface area contributed by atoms with Crippen molar-refractivity contribution in [3.8, 4) is 0 Å². The quantitative estimate of drug-likeness (QED) is 0.557. The van der Waals surface area contributed by atoms with E-state index in [0.717, 1.165) is 25.6 Å². The van der Waals surface area contributed by atoms with Crippen LogP contribution < -0.4 is 5.32 Å². The predicted molar refractivity (Wildman–Crippen MR) is 65.1 cm³/mol. The van der Waals surface area contributed by atoms with Gasteiger partial charge in [-0.1, -0.05) is 12.2 Å². The Balaban J connectivity index is 1.95. The van der Waals surface area contributed by atoms with Crippen molar-refractivity contribution >= 4 is 0 Å². The van der Waals surface area contributed by atoms with Crippen LogP contribution in [0.2, 0.25) is 0 Å². The van der Waals surface area contributed by atoms with Crippen LogP contribution in [0.15, 0.2) is 12.2 Å². The van der Waals surface area contributed by atoms with E-state index in [-0.39, 0.29) is 5.60 Å². The maximum Gasteiger partial charge on any atom is 0.0599 e. The van der Waals surface area contributed by atoms with Gasteiger partial charge in [0.15, 0.2) is 0 Å². The van der Waals surface area contributed by atoms with E-state index in [9.17, 15) is 0 Å². The van der Waals surface area contributed by atoms with Crippen molar-refractivity contribution in [3.63, 3.8) is 0 Å². The van der Waals surface area contributed by atoms with E-state index < -0.39 is 0 Å². The molecule has 0 heterocycles. The first-order chi connectivity index (χ1) is 7.08. The zero-order chi connectivity index (χ0) is 11.1. The monoisotopic (exact) mass is 211 g/mol. The fraction of sp³-hybridized carbons (Fsp3) is 0.846. The molecule has 0 saturated carbocycles. The van der Waals surface area contributed by atoms with Crippen LogP contribution in [0, 0.1) is 5.92 Å². The van der Waals surface area contributed by atoms with Gasteiger partial charge >= 0.3 is 0 Å². The minimum absolute atomic E-state index is 0.00471. The number of allylic oxidation sites excluding steroid dienone is 2. The summed E-state index contributed by atoms with van der Waals surface area (Å²) in [6, 6.07) is 0. The molecule has 0 bridgehead atoms. The molecule has 1 N–H and O–H groups in total. The summed E-state index contributed by atoms with van der Waals surface area (Å²) in [6.45, 7) is 9.21. The first-order valence-corrected chi connectivity index (χ1v) is 6.07. The van der Waals surface area contributed by atoms with Crippen LogP contribution in [-0.4, -0.2) is 25.3 Å². The van der Waals surface area contributed by atoms with E-state index in [1.807, 2.05) is 0 Å². The fourth-order valence-electron chi connectivity index (χ4n) is 1.78. The van der Waals surface area contributed by atoms with Crippen LogP contribution in [0.25, 0.3) is 0 Å². The molecule has 1 rings (SSSR count). The Morgan fingerprint density at radius 1 is 1.33 bits per heavy atom. The smallest absolute Gasteiger partial charge is 0.0599 e. The Hall–Kier alpha value is -0.340. The van der Waals surface area contributed by atoms with Crippen LogP contribution >= 0.6 is 0 Å². The molecule has 1 unspecified atom stereocenters. The maximum atomic E-state index is 5.64. The van der Waals surface area contributed by atoms with Gasteiger partial charge < -0.3 is 10.1 Å². The molecule has 0 aliphatic heterocycles. The molecule has 1 aliphatic rings. The van der Waals surface area contributed by atoms with E-state index >= 15 is 0 Å². The topological polar surface area (TPSA) is 21.3 Å². The van der Waals surface area contributed by atoms with Gasteiger partial charge in [-0.15, -0.1) is 0 Å². The van der Waals surface area contributed by atoms with E-state index in [1.165, 1.54) is 19.3 Å². The minimum Gasteiger partial charge on any atom is -0.375 e. The van der Waals surface area contributed by atoms with Crippen LogP contribution in [0.1, 0.15) is 40.0 Å². The first-order valence-electron chi connectivity index (χ1n) is 6.07. The van der Waals surface area contributed by atoms with Crippen LogP contribution in [-0.2, 0) is 4.74 Å². The molecule has 1 aliphatic carbocycles. The third-order valence-corrected chi connectivity index (χ3v) is 2.62. The largest absolute Gasteiger partial charge is 0.375 e. The summed E-state index contributed by atoms with van der Waals surface area (Å²) < 4.78 is 5.64. The van der Waals surface area contributed by atoms with E-state index in [1.54, 1.807) is 0 Å². The van der Waals surface area contributed by atoms with Gasteiger partial charge in [0, 0.05) is 6.54 Å². The third kappa shape index (κ3) is 6.69. The second kappa shape index (κ2) is 6.29. The molecule has 1 atom stereocenters. The molecule has 88 valence electrons. The van der Waals surface area contributed by atoms with Crippen LogP contribution in [0.5, 0.6) is 0 Å². The van der Waals surface area contributed by atoms with Gasteiger partial charge in [-0.05, 0) is 52.5 Å². The number of hydrogen-bond acceptors (Lipinski definition) is 2. The van der Waals surface area contributed by atoms with Crippen molar-refractivity contribution in [1.82, 2.24) is 5.32 Å². The average molecular weight is 211 g/mol. The molecule has 0 aromatic carbocycles. The highest BCUT2D eigenvalue weighted by Crippen LogP contribution is 2.16. The van der Waals surface area contributed by atoms with Crippen molar-refractivity contribution in [2.45, 2.75) is 45.6 Å². The molecule has 2 nitrogen and oxygen atoms in total. The van der Waals surface area contributed by atoms with Crippen LogP contribution in [0.4, 0.5) is 0 Å². The molecule has 2 heteroatoms. The Kier molecular flexibility index (Phi) is 5.34. The number of ether oxygens (including phenoxy) is 1. The van der Waals surface area contributed by atoms with Gasteiger partial charge in [-0.25, -0.2) is 0 Å². The Labute approximate surface area is 94.1 Å². The molecule has 0 radical (unpaired) electrons. The van der Waals surface area contributed by atoms with Crippen molar-refractivity contribution in [2.24, 2.45) is 5.92 Å². The number of rotatable bonds is 5. The van der Waals surface area contributed by atoms with Gasteiger partial charge in [0.25, 0.3) is 0 Å². The highest BCUT2D eigenvalue weighted by Gasteiger charge is 2.10. The molecule has 0 amide bonds. The van der Waals surface area contributed by atoms with E-state index in [2.05, 4.69) is 38.2 Å². The second-order valence-corrected chi connectivity index (χ2v) is 5.32. The normalized spacial score (nSPS) is 21.9. The lowest BCUT2D eigenvalue weighted by atomic mass is 9.94. The molecule has 0 aromatic rings. The number of hydrogen-bond donors (Lipinski definition) is 1. The Bertz CT molecular complexity index is 193. The van der Waals surface area contributed by atoms with E-state index in [0.29, 0.717) is 0 Å². The summed E-state index contributed by atoms with van der Waals surface area (Å²) in [4.78, 5) is 0. The summed E-state index contributed by atoms with van der Waals surface area (Å²) in [5.74, 6) is 0.838. The van der Waals surface area contributed by atoms with Crippen molar-refractivity contribution in [3.05, 3.63) is 12.2 Å². The number of nitrogens with one attached hydrogen (secondary N) is 1. The van der Waals surface area contributed by atoms with Crippen molar-refractivity contribution in [2.75, 3.05) is 19.7 Å². The highest BCUT2D eigenvalue weighted by molar-refractivity contribution is 4.90. The highest BCUT2D eigenvalue weighted by atomic mass is 16.5. The summed E-state index contributed by atoms with van der Waals surface area (Å²) in [6.07, 6.45) is 8.43. The summed E-state index contributed by atoms with van der Waals surface area (Å²) in [7, 11) is 0. The van der Waals surface area contributed by atoms with Crippen molar-refractivity contribution in [1.29, 1.82) is 0 Å². The van der Waals surface area contributed by atoms with Gasteiger partial charge in [0.2, 0.25) is 0 Å². The zero-order valence-corrected chi connectivity index (χ0v) is 10.4. The molecule has 0 fully saturated rings. The van der Waals surface area contributed by atoms with Gasteiger partial charge in [0.1, 0.15) is 0 Å². The molecule has 15 heavy (non-hydrogen) atoms. The Morgan fingerprint density at radius 3 is 2.73 bits per heavy atom. The van der Waals surface area contributed by atoms with E-state index in [4.69, 9.17) is 4.74 Å². The fourth-order valence-corrected chi connectivity index (χ4v) is 1.78. The molecular formula is C13H25NO. The van der Waals surface area contributed by atoms with Crippen molar-refractivity contribution < 1.29 is 4.74 Å². The summed E-state index contributed by atoms with van der Waals surface area (Å²) in [5, 5.41) is 3.47. The SMILES string of the molecule is CC(C)(C)OCCNCC1CC=CCC1. The van der Waals surface area contributed by atoms with Gasteiger partial charge in [-0.3, -0.25) is 0 Å². The molecule has 0 aromatic heterocycles. The lowest BCUT2D eigenvalue weighted by Gasteiger charge is -2.21. The van der Waals surface area contributed by atoms with Gasteiger partial charge in [-0.2, -0.15) is 0 Å². The first kappa shape index (κ1) is 12.7. The lowest BCUT2D eigenvalue weighted by Crippen LogP contribution is -2.30. The zero-order valence-electron chi connectivity index (χ0n) is 10.4. The predicted octanol–water partition coefficient (Wildman–Crippen LogP) is 2.75. The summed E-state index contributed by atoms with van der Waals surface area (Å²) in [5.41, 5.74) is -0.00471. The molecule has 0 saturated heterocycles. The summed E-state index contributed by atoms with van der Waals surface area (Å²) >= 11 is 0. The van der Waals surface area contributed by atoms with Gasteiger partial charge in [0.05, 0.1) is 12.2 Å².